The number of nitrogens with one attached hydrogen (secondary N) is 1. The van der Waals surface area contributed by atoms with Crippen LogP contribution in [-0.4, -0.2) is 30.3 Å². The van der Waals surface area contributed by atoms with Crippen LogP contribution in [0.3, 0.4) is 0 Å². The molecule has 122 valence electrons. The maximum absolute atomic E-state index is 12.0. The van der Waals surface area contributed by atoms with Crippen LogP contribution >= 0.6 is 11.6 Å². The molecule has 0 unspecified atom stereocenters. The van der Waals surface area contributed by atoms with E-state index in [0.29, 0.717) is 11.4 Å². The molecule has 0 saturated heterocycles. The van der Waals surface area contributed by atoms with Crippen LogP contribution in [0.25, 0.3) is 0 Å². The second-order valence-corrected chi connectivity index (χ2v) is 6.22. The highest BCUT2D eigenvalue weighted by Crippen LogP contribution is 2.12. The summed E-state index contributed by atoms with van der Waals surface area (Å²) in [5.41, 5.74) is 0.224. The largest absolute Gasteiger partial charge is 0.464 e. The third kappa shape index (κ3) is 6.80. The average molecular weight is 328 g/mol. The molecule has 22 heavy (non-hydrogen) atoms. The summed E-state index contributed by atoms with van der Waals surface area (Å²) in [6.45, 7) is 7.22. The SMILES string of the molecule is CCOC(=O)[C@H](Cc1ccc(Cl)cc1)NC(=O)OC(C)(C)C. The number of alkyl carbamates (subject to hydrolysis) is 1. The minimum absolute atomic E-state index is 0.242. The van der Waals surface area contributed by atoms with E-state index in [0.717, 1.165) is 5.56 Å². The molecule has 5 nitrogen and oxygen atoms in total. The van der Waals surface area contributed by atoms with Crippen molar-refractivity contribution >= 4 is 23.7 Å². The van der Waals surface area contributed by atoms with Crippen LogP contribution in [0.5, 0.6) is 0 Å². The Morgan fingerprint density at radius 3 is 2.32 bits per heavy atom. The number of amides is 1. The standard InChI is InChI=1S/C16H22ClNO4/c1-5-21-14(19)13(18-15(20)22-16(2,3)4)10-11-6-8-12(17)9-7-11/h6-9,13H,5,10H2,1-4H3,(H,18,20)/t13-/m0/s1. The zero-order valence-corrected chi connectivity index (χ0v) is 14.1. The van der Waals surface area contributed by atoms with Gasteiger partial charge in [0.1, 0.15) is 11.6 Å². The van der Waals surface area contributed by atoms with Crippen LogP contribution in [0.4, 0.5) is 4.79 Å². The summed E-state index contributed by atoms with van der Waals surface area (Å²) in [4.78, 5) is 23.9. The molecule has 0 aliphatic carbocycles. The monoisotopic (exact) mass is 327 g/mol. The average Bonchev–Trinajstić information content (AvgIpc) is 2.38. The number of ether oxygens (including phenoxy) is 2. The van der Waals surface area contributed by atoms with Crippen molar-refractivity contribution < 1.29 is 19.1 Å². The van der Waals surface area contributed by atoms with Crippen molar-refractivity contribution in [3.8, 4) is 0 Å². The van der Waals surface area contributed by atoms with Crippen LogP contribution in [0.2, 0.25) is 5.02 Å². The van der Waals surface area contributed by atoms with Gasteiger partial charge < -0.3 is 14.8 Å². The predicted octanol–water partition coefficient (Wildman–Crippen LogP) is 3.34. The molecule has 0 fully saturated rings. The summed E-state index contributed by atoms with van der Waals surface area (Å²) in [7, 11) is 0. The normalized spacial score (nSPS) is 12.4. The molecule has 1 N–H and O–H groups in total. The number of hydrogen-bond acceptors (Lipinski definition) is 4. The summed E-state index contributed by atoms with van der Waals surface area (Å²) in [5.74, 6) is -0.497. The highest BCUT2D eigenvalue weighted by atomic mass is 35.5. The van der Waals surface area contributed by atoms with E-state index in [1.807, 2.05) is 0 Å². The number of carbonyl (C=O) groups is 2. The summed E-state index contributed by atoms with van der Waals surface area (Å²) in [6, 6.07) is 6.24. The van der Waals surface area contributed by atoms with E-state index >= 15 is 0 Å². The Hall–Kier alpha value is -1.75. The molecule has 1 amide bonds. The smallest absolute Gasteiger partial charge is 0.408 e. The second-order valence-electron chi connectivity index (χ2n) is 5.78. The topological polar surface area (TPSA) is 64.6 Å². The van der Waals surface area contributed by atoms with Crippen molar-refractivity contribution in [3.63, 3.8) is 0 Å². The van der Waals surface area contributed by atoms with Crippen LogP contribution < -0.4 is 5.32 Å². The maximum Gasteiger partial charge on any atom is 0.408 e. The zero-order valence-electron chi connectivity index (χ0n) is 13.3. The van der Waals surface area contributed by atoms with Gasteiger partial charge in [-0.25, -0.2) is 9.59 Å². The van der Waals surface area contributed by atoms with Crippen molar-refractivity contribution in [2.75, 3.05) is 6.61 Å². The van der Waals surface area contributed by atoms with E-state index in [1.54, 1.807) is 52.0 Å². The van der Waals surface area contributed by atoms with Crippen LogP contribution in [0.15, 0.2) is 24.3 Å². The molecule has 0 heterocycles. The van der Waals surface area contributed by atoms with Crippen molar-refractivity contribution in [2.45, 2.75) is 45.8 Å². The van der Waals surface area contributed by atoms with E-state index in [2.05, 4.69) is 5.32 Å². The molecule has 0 spiro atoms. The molecule has 1 rings (SSSR count). The number of rotatable bonds is 5. The van der Waals surface area contributed by atoms with Crippen molar-refractivity contribution in [1.82, 2.24) is 5.32 Å². The van der Waals surface area contributed by atoms with Crippen LogP contribution in [0, 0.1) is 0 Å². The quantitative estimate of drug-likeness (QED) is 0.842. The van der Waals surface area contributed by atoms with Crippen molar-refractivity contribution in [3.05, 3.63) is 34.9 Å². The van der Waals surface area contributed by atoms with Gasteiger partial charge >= 0.3 is 12.1 Å². The van der Waals surface area contributed by atoms with E-state index < -0.39 is 23.7 Å². The molecular weight excluding hydrogens is 306 g/mol. The predicted molar refractivity (Wildman–Crippen MR) is 84.9 cm³/mol. The van der Waals surface area contributed by atoms with Gasteiger partial charge in [0.15, 0.2) is 0 Å². The lowest BCUT2D eigenvalue weighted by atomic mass is 10.1. The first-order valence-electron chi connectivity index (χ1n) is 7.12. The fraction of sp³-hybridized carbons (Fsp3) is 0.500. The number of carbonyl (C=O) groups excluding carboxylic acids is 2. The van der Waals surface area contributed by atoms with Gasteiger partial charge in [-0.15, -0.1) is 0 Å². The van der Waals surface area contributed by atoms with Gasteiger partial charge in [0.05, 0.1) is 6.61 Å². The molecule has 0 aromatic heterocycles. The summed E-state index contributed by atoms with van der Waals surface area (Å²) < 4.78 is 10.2. The van der Waals surface area contributed by atoms with Gasteiger partial charge in [-0.3, -0.25) is 0 Å². The molecular formula is C16H22ClNO4. The zero-order chi connectivity index (χ0) is 16.8. The van der Waals surface area contributed by atoms with E-state index in [9.17, 15) is 9.59 Å². The minimum atomic E-state index is -0.809. The Morgan fingerprint density at radius 1 is 1.23 bits per heavy atom. The number of hydrogen-bond donors (Lipinski definition) is 1. The first-order chi connectivity index (χ1) is 10.2. The summed E-state index contributed by atoms with van der Waals surface area (Å²) in [5, 5.41) is 3.16. The Labute approximate surface area is 135 Å². The number of esters is 1. The summed E-state index contributed by atoms with van der Waals surface area (Å²) >= 11 is 5.84. The Bertz CT molecular complexity index is 508. The first kappa shape index (κ1) is 18.3. The van der Waals surface area contributed by atoms with Gasteiger partial charge in [-0.1, -0.05) is 23.7 Å². The maximum atomic E-state index is 12.0. The van der Waals surface area contributed by atoms with Gasteiger partial charge in [0.25, 0.3) is 0 Å². The lowest BCUT2D eigenvalue weighted by Crippen LogP contribution is -2.45. The molecule has 0 radical (unpaired) electrons. The molecule has 1 atom stereocenters. The van der Waals surface area contributed by atoms with Crippen molar-refractivity contribution in [1.29, 1.82) is 0 Å². The third-order valence-corrected chi connectivity index (χ3v) is 2.87. The fourth-order valence-corrected chi connectivity index (χ4v) is 1.87. The minimum Gasteiger partial charge on any atom is -0.464 e. The van der Waals surface area contributed by atoms with E-state index in [1.165, 1.54) is 0 Å². The second kappa shape index (κ2) is 8.03. The molecule has 0 aliphatic rings. The van der Waals surface area contributed by atoms with Gasteiger partial charge in [0, 0.05) is 11.4 Å². The van der Waals surface area contributed by atoms with E-state index in [4.69, 9.17) is 21.1 Å². The van der Waals surface area contributed by atoms with Gasteiger partial charge in [-0.05, 0) is 45.4 Å². The van der Waals surface area contributed by atoms with E-state index in [-0.39, 0.29) is 6.61 Å². The molecule has 1 aromatic carbocycles. The fourth-order valence-electron chi connectivity index (χ4n) is 1.74. The van der Waals surface area contributed by atoms with Crippen molar-refractivity contribution in [2.24, 2.45) is 0 Å². The molecule has 6 heteroatoms. The third-order valence-electron chi connectivity index (χ3n) is 2.62. The van der Waals surface area contributed by atoms with Crippen LogP contribution in [-0.2, 0) is 20.7 Å². The lowest BCUT2D eigenvalue weighted by Gasteiger charge is -2.23. The molecule has 0 bridgehead atoms. The number of benzene rings is 1. The molecule has 1 aromatic rings. The van der Waals surface area contributed by atoms with Crippen LogP contribution in [0.1, 0.15) is 33.3 Å². The highest BCUT2D eigenvalue weighted by molar-refractivity contribution is 6.30. The highest BCUT2D eigenvalue weighted by Gasteiger charge is 2.25. The molecule has 0 saturated carbocycles. The summed E-state index contributed by atoms with van der Waals surface area (Å²) in [6.07, 6.45) is -0.352. The van der Waals surface area contributed by atoms with Gasteiger partial charge in [0.2, 0.25) is 0 Å². The lowest BCUT2D eigenvalue weighted by molar-refractivity contribution is -0.145. The number of halogens is 1. The molecule has 0 aliphatic heterocycles. The van der Waals surface area contributed by atoms with Gasteiger partial charge in [-0.2, -0.15) is 0 Å². The Kier molecular flexibility index (Phi) is 6.68. The Balaban J connectivity index is 2.77. The first-order valence-corrected chi connectivity index (χ1v) is 7.49. The Morgan fingerprint density at radius 2 is 1.82 bits per heavy atom.